The lowest BCUT2D eigenvalue weighted by Gasteiger charge is -2.14. The minimum Gasteiger partial charge on any atom is -0.365 e. The Morgan fingerprint density at radius 2 is 2.37 bits per heavy atom. The molecular formula is C13H19N5O. The number of nitrogens with zero attached hydrogens (tertiary/aromatic N) is 3. The number of rotatable bonds is 5. The predicted octanol–water partition coefficient (Wildman–Crippen LogP) is 1.82. The van der Waals surface area contributed by atoms with Crippen LogP contribution >= 0.6 is 0 Å². The van der Waals surface area contributed by atoms with Crippen LogP contribution < -0.4 is 5.32 Å². The van der Waals surface area contributed by atoms with Crippen molar-refractivity contribution in [2.45, 2.75) is 39.8 Å². The van der Waals surface area contributed by atoms with Gasteiger partial charge in [-0.1, -0.05) is 6.92 Å². The second-order valence-corrected chi connectivity index (χ2v) is 4.59. The van der Waals surface area contributed by atoms with Crippen molar-refractivity contribution in [3.05, 3.63) is 35.7 Å². The third kappa shape index (κ3) is 2.83. The van der Waals surface area contributed by atoms with E-state index >= 15 is 0 Å². The first-order valence-electron chi connectivity index (χ1n) is 6.46. The van der Waals surface area contributed by atoms with Gasteiger partial charge in [-0.25, -0.2) is 0 Å². The Balaban J connectivity index is 2.08. The molecule has 0 aromatic carbocycles. The largest absolute Gasteiger partial charge is 0.365 e. The van der Waals surface area contributed by atoms with Crippen molar-refractivity contribution >= 4 is 5.91 Å². The topological polar surface area (TPSA) is 75.6 Å². The van der Waals surface area contributed by atoms with Gasteiger partial charge in [0.25, 0.3) is 5.91 Å². The Labute approximate surface area is 112 Å². The summed E-state index contributed by atoms with van der Waals surface area (Å²) in [5.74, 6) is 0.681. The summed E-state index contributed by atoms with van der Waals surface area (Å²) in [4.78, 5) is 15.1. The highest BCUT2D eigenvalue weighted by molar-refractivity contribution is 5.95. The molecule has 0 fully saturated rings. The van der Waals surface area contributed by atoms with E-state index in [0.29, 0.717) is 5.56 Å². The molecule has 0 aliphatic heterocycles. The van der Waals surface area contributed by atoms with E-state index in [1.807, 2.05) is 18.4 Å². The van der Waals surface area contributed by atoms with Gasteiger partial charge < -0.3 is 14.9 Å². The van der Waals surface area contributed by atoms with Crippen LogP contribution in [0, 0.1) is 6.92 Å². The highest BCUT2D eigenvalue weighted by Crippen LogP contribution is 2.12. The van der Waals surface area contributed by atoms with Crippen LogP contribution in [0.25, 0.3) is 0 Å². The van der Waals surface area contributed by atoms with Gasteiger partial charge in [0.1, 0.15) is 6.33 Å². The number of nitrogens with one attached hydrogen (secondary N) is 2. The standard InChI is InChI=1S/C13H19N5O/c1-4-7-18-8-15-17-12(18)10(3)16-13(19)11-5-6-14-9(11)2/h5-6,8,10,14H,4,7H2,1-3H3,(H,16,19). The molecular weight excluding hydrogens is 242 g/mol. The molecule has 0 aliphatic rings. The molecule has 1 atom stereocenters. The monoisotopic (exact) mass is 261 g/mol. The van der Waals surface area contributed by atoms with E-state index in [9.17, 15) is 4.79 Å². The number of aromatic amines is 1. The smallest absolute Gasteiger partial charge is 0.253 e. The fourth-order valence-electron chi connectivity index (χ4n) is 2.05. The fourth-order valence-corrected chi connectivity index (χ4v) is 2.05. The van der Waals surface area contributed by atoms with Crippen LogP contribution in [0.5, 0.6) is 0 Å². The zero-order valence-corrected chi connectivity index (χ0v) is 11.5. The average Bonchev–Trinajstić information content (AvgIpc) is 2.98. The number of carbonyl (C=O) groups excluding carboxylic acids is 1. The van der Waals surface area contributed by atoms with Crippen molar-refractivity contribution in [1.29, 1.82) is 0 Å². The lowest BCUT2D eigenvalue weighted by atomic mass is 10.2. The quantitative estimate of drug-likeness (QED) is 0.862. The molecule has 1 unspecified atom stereocenters. The van der Waals surface area contributed by atoms with Gasteiger partial charge in [0, 0.05) is 18.4 Å². The van der Waals surface area contributed by atoms with E-state index in [-0.39, 0.29) is 11.9 Å². The molecule has 2 N–H and O–H groups in total. The summed E-state index contributed by atoms with van der Waals surface area (Å²) >= 11 is 0. The summed E-state index contributed by atoms with van der Waals surface area (Å²) in [6.45, 7) is 6.73. The van der Waals surface area contributed by atoms with Crippen molar-refractivity contribution in [3.8, 4) is 0 Å². The third-order valence-corrected chi connectivity index (χ3v) is 3.04. The molecule has 0 saturated carbocycles. The van der Waals surface area contributed by atoms with Crippen LogP contribution in [0.3, 0.4) is 0 Å². The van der Waals surface area contributed by atoms with Gasteiger partial charge in [-0.15, -0.1) is 10.2 Å². The molecule has 0 saturated heterocycles. The van der Waals surface area contributed by atoms with E-state index in [0.717, 1.165) is 24.5 Å². The van der Waals surface area contributed by atoms with Crippen molar-refractivity contribution in [2.75, 3.05) is 0 Å². The van der Waals surface area contributed by atoms with Gasteiger partial charge >= 0.3 is 0 Å². The minimum absolute atomic E-state index is 0.0997. The zero-order valence-electron chi connectivity index (χ0n) is 11.5. The van der Waals surface area contributed by atoms with Crippen molar-refractivity contribution in [2.24, 2.45) is 0 Å². The SMILES string of the molecule is CCCn1cnnc1C(C)NC(=O)c1cc[nH]c1C. The number of H-pyrrole nitrogens is 1. The molecule has 102 valence electrons. The second kappa shape index (κ2) is 5.69. The second-order valence-electron chi connectivity index (χ2n) is 4.59. The summed E-state index contributed by atoms with van der Waals surface area (Å²) < 4.78 is 1.97. The van der Waals surface area contributed by atoms with E-state index in [2.05, 4.69) is 27.4 Å². The zero-order chi connectivity index (χ0) is 13.8. The van der Waals surface area contributed by atoms with Crippen LogP contribution in [-0.2, 0) is 6.54 Å². The number of carbonyl (C=O) groups is 1. The minimum atomic E-state index is -0.171. The average molecular weight is 261 g/mol. The summed E-state index contributed by atoms with van der Waals surface area (Å²) in [6, 6.07) is 1.60. The number of hydrogen-bond acceptors (Lipinski definition) is 3. The van der Waals surface area contributed by atoms with Crippen molar-refractivity contribution in [3.63, 3.8) is 0 Å². The fraction of sp³-hybridized carbons (Fsp3) is 0.462. The Morgan fingerprint density at radius 3 is 3.00 bits per heavy atom. The normalized spacial score (nSPS) is 12.4. The van der Waals surface area contributed by atoms with Crippen LogP contribution in [0.4, 0.5) is 0 Å². The summed E-state index contributed by atoms with van der Waals surface area (Å²) in [5, 5.41) is 10.9. The van der Waals surface area contributed by atoms with Gasteiger partial charge in [0.05, 0.1) is 11.6 Å². The highest BCUT2D eigenvalue weighted by Gasteiger charge is 2.17. The van der Waals surface area contributed by atoms with Gasteiger partial charge in [0.2, 0.25) is 0 Å². The molecule has 2 rings (SSSR count). The van der Waals surface area contributed by atoms with Crippen LogP contribution in [0.1, 0.15) is 48.2 Å². The first kappa shape index (κ1) is 13.3. The molecule has 0 spiro atoms. The van der Waals surface area contributed by atoms with E-state index < -0.39 is 0 Å². The first-order chi connectivity index (χ1) is 9.13. The van der Waals surface area contributed by atoms with Gasteiger partial charge in [-0.2, -0.15) is 0 Å². The molecule has 0 bridgehead atoms. The Hall–Kier alpha value is -2.11. The van der Waals surface area contributed by atoms with Crippen molar-refractivity contribution in [1.82, 2.24) is 25.1 Å². The maximum atomic E-state index is 12.1. The number of hydrogen-bond donors (Lipinski definition) is 2. The van der Waals surface area contributed by atoms with Crippen LogP contribution in [0.15, 0.2) is 18.6 Å². The molecule has 0 aliphatic carbocycles. The van der Waals surface area contributed by atoms with Gasteiger partial charge in [0.15, 0.2) is 5.82 Å². The summed E-state index contributed by atoms with van der Waals surface area (Å²) in [6.07, 6.45) is 4.46. The van der Waals surface area contributed by atoms with E-state index in [1.165, 1.54) is 0 Å². The Morgan fingerprint density at radius 1 is 1.58 bits per heavy atom. The van der Waals surface area contributed by atoms with Crippen LogP contribution in [-0.4, -0.2) is 25.7 Å². The maximum Gasteiger partial charge on any atom is 0.253 e. The molecule has 19 heavy (non-hydrogen) atoms. The Kier molecular flexibility index (Phi) is 3.99. The molecule has 2 heterocycles. The summed E-state index contributed by atoms with van der Waals surface area (Å²) in [7, 11) is 0. The highest BCUT2D eigenvalue weighted by atomic mass is 16.1. The lowest BCUT2D eigenvalue weighted by molar-refractivity contribution is 0.0937. The van der Waals surface area contributed by atoms with Gasteiger partial charge in [-0.3, -0.25) is 4.79 Å². The lowest BCUT2D eigenvalue weighted by Crippen LogP contribution is -2.29. The Bertz CT molecular complexity index is 557. The van der Waals surface area contributed by atoms with Crippen molar-refractivity contribution < 1.29 is 4.79 Å². The molecule has 6 nitrogen and oxygen atoms in total. The van der Waals surface area contributed by atoms with Crippen LogP contribution in [0.2, 0.25) is 0 Å². The number of aryl methyl sites for hydroxylation is 2. The molecule has 6 heteroatoms. The predicted molar refractivity (Wildman–Crippen MR) is 71.7 cm³/mol. The molecule has 1 amide bonds. The number of aromatic nitrogens is 4. The first-order valence-corrected chi connectivity index (χ1v) is 6.46. The molecule has 0 radical (unpaired) electrons. The summed E-state index contributed by atoms with van der Waals surface area (Å²) in [5.41, 5.74) is 1.52. The van der Waals surface area contributed by atoms with E-state index in [4.69, 9.17) is 0 Å². The third-order valence-electron chi connectivity index (χ3n) is 3.04. The maximum absolute atomic E-state index is 12.1. The number of amides is 1. The molecule has 2 aromatic rings. The van der Waals surface area contributed by atoms with E-state index in [1.54, 1.807) is 18.6 Å². The van der Waals surface area contributed by atoms with Gasteiger partial charge in [-0.05, 0) is 26.3 Å². The molecule has 2 aromatic heterocycles.